The van der Waals surface area contributed by atoms with Gasteiger partial charge in [0.05, 0.1) is 12.1 Å². The predicted molar refractivity (Wildman–Crippen MR) is 67.4 cm³/mol. The summed E-state index contributed by atoms with van der Waals surface area (Å²) in [5.41, 5.74) is 2.67. The summed E-state index contributed by atoms with van der Waals surface area (Å²) in [6.07, 6.45) is -0.400. The van der Waals surface area contributed by atoms with Crippen molar-refractivity contribution in [1.29, 1.82) is 0 Å². The van der Waals surface area contributed by atoms with E-state index in [1.807, 2.05) is 6.07 Å². The molecule has 3 N–H and O–H groups in total. The number of aromatic amines is 1. The number of hydrogen-bond acceptors (Lipinski definition) is 2. The second-order valence-corrected chi connectivity index (χ2v) is 4.57. The molecule has 0 spiro atoms. The fourth-order valence-electron chi connectivity index (χ4n) is 2.62. The summed E-state index contributed by atoms with van der Waals surface area (Å²) in [5.74, 6) is -1.00. The van der Waals surface area contributed by atoms with E-state index in [0.717, 1.165) is 16.8 Å². The first-order chi connectivity index (χ1) is 9.08. The Morgan fingerprint density at radius 2 is 2.05 bits per heavy atom. The van der Waals surface area contributed by atoms with Crippen LogP contribution in [0, 0.1) is 0 Å². The van der Waals surface area contributed by atoms with Crippen LogP contribution in [-0.4, -0.2) is 38.7 Å². The number of H-pyrrole nitrogens is 1. The van der Waals surface area contributed by atoms with Crippen LogP contribution in [0.15, 0.2) is 18.2 Å². The van der Waals surface area contributed by atoms with Crippen LogP contribution in [0.25, 0.3) is 10.9 Å². The average Bonchev–Trinajstić information content (AvgIpc) is 2.75. The monoisotopic (exact) mass is 260 g/mol. The standard InChI is InChI=1S/C13H12N2O4/c16-12(17)7-2-1-3-10-11(7)8-6-15(13(18)19)5-4-9(8)14-10/h1-3,14H,4-6H2,(H,16,17)(H,18,19). The SMILES string of the molecule is O=C(O)c1cccc2[nH]c3c(c12)CN(C(=O)O)CC3. The van der Waals surface area contributed by atoms with Crippen molar-refractivity contribution >= 4 is 23.0 Å². The lowest BCUT2D eigenvalue weighted by molar-refractivity contribution is 0.0699. The minimum atomic E-state index is -1.00. The lowest BCUT2D eigenvalue weighted by Crippen LogP contribution is -2.34. The molecule has 19 heavy (non-hydrogen) atoms. The minimum Gasteiger partial charge on any atom is -0.478 e. The Balaban J connectivity index is 2.21. The van der Waals surface area contributed by atoms with Crippen molar-refractivity contribution in [1.82, 2.24) is 9.88 Å². The number of carbonyl (C=O) groups is 2. The van der Waals surface area contributed by atoms with Gasteiger partial charge in [-0.1, -0.05) is 6.07 Å². The summed E-state index contributed by atoms with van der Waals surface area (Å²) in [4.78, 5) is 26.8. The molecule has 0 saturated carbocycles. The Labute approximate surface area is 108 Å². The van der Waals surface area contributed by atoms with Crippen molar-refractivity contribution in [3.8, 4) is 0 Å². The quantitative estimate of drug-likeness (QED) is 0.730. The van der Waals surface area contributed by atoms with Gasteiger partial charge in [-0.05, 0) is 12.1 Å². The molecular formula is C13H12N2O4. The van der Waals surface area contributed by atoms with Crippen LogP contribution in [0.2, 0.25) is 0 Å². The predicted octanol–water partition coefficient (Wildman–Crippen LogP) is 1.90. The van der Waals surface area contributed by atoms with E-state index in [1.54, 1.807) is 12.1 Å². The van der Waals surface area contributed by atoms with E-state index in [2.05, 4.69) is 4.98 Å². The molecule has 2 heterocycles. The van der Waals surface area contributed by atoms with Crippen LogP contribution < -0.4 is 0 Å². The molecule has 98 valence electrons. The van der Waals surface area contributed by atoms with Gasteiger partial charge >= 0.3 is 12.1 Å². The number of benzene rings is 1. The number of carboxylic acids is 1. The highest BCUT2D eigenvalue weighted by Gasteiger charge is 2.25. The molecule has 0 saturated heterocycles. The molecule has 0 fully saturated rings. The van der Waals surface area contributed by atoms with Gasteiger partial charge in [-0.2, -0.15) is 0 Å². The highest BCUT2D eigenvalue weighted by molar-refractivity contribution is 6.05. The zero-order chi connectivity index (χ0) is 13.6. The molecule has 1 aliphatic heterocycles. The van der Waals surface area contributed by atoms with Gasteiger partial charge in [0.2, 0.25) is 0 Å². The first-order valence-electron chi connectivity index (χ1n) is 5.91. The summed E-state index contributed by atoms with van der Waals surface area (Å²) < 4.78 is 0. The van der Waals surface area contributed by atoms with E-state index in [9.17, 15) is 14.7 Å². The molecule has 1 amide bonds. The summed E-state index contributed by atoms with van der Waals surface area (Å²) in [6.45, 7) is 0.659. The van der Waals surface area contributed by atoms with Crippen LogP contribution in [0.4, 0.5) is 4.79 Å². The number of aromatic carboxylic acids is 1. The zero-order valence-electron chi connectivity index (χ0n) is 10.0. The third kappa shape index (κ3) is 1.72. The van der Waals surface area contributed by atoms with Crippen molar-refractivity contribution in [2.75, 3.05) is 6.54 Å². The molecule has 2 aromatic rings. The second-order valence-electron chi connectivity index (χ2n) is 4.57. The van der Waals surface area contributed by atoms with Crippen LogP contribution >= 0.6 is 0 Å². The van der Waals surface area contributed by atoms with Crippen molar-refractivity contribution in [3.63, 3.8) is 0 Å². The van der Waals surface area contributed by atoms with Crippen LogP contribution in [0.1, 0.15) is 21.6 Å². The van der Waals surface area contributed by atoms with Gasteiger partial charge in [0.15, 0.2) is 0 Å². The van der Waals surface area contributed by atoms with Gasteiger partial charge in [0.1, 0.15) is 0 Å². The molecule has 1 aromatic carbocycles. The van der Waals surface area contributed by atoms with E-state index >= 15 is 0 Å². The van der Waals surface area contributed by atoms with E-state index in [0.29, 0.717) is 18.4 Å². The third-order valence-electron chi connectivity index (χ3n) is 3.50. The largest absolute Gasteiger partial charge is 0.478 e. The van der Waals surface area contributed by atoms with E-state index in [-0.39, 0.29) is 12.1 Å². The van der Waals surface area contributed by atoms with Gasteiger partial charge < -0.3 is 20.1 Å². The number of rotatable bonds is 1. The van der Waals surface area contributed by atoms with Crippen LogP contribution in [-0.2, 0) is 13.0 Å². The van der Waals surface area contributed by atoms with E-state index < -0.39 is 12.1 Å². The van der Waals surface area contributed by atoms with Crippen LogP contribution in [0.3, 0.4) is 0 Å². The molecule has 1 aromatic heterocycles. The maximum absolute atomic E-state index is 11.3. The molecule has 3 rings (SSSR count). The molecule has 0 atom stereocenters. The smallest absolute Gasteiger partial charge is 0.407 e. The molecule has 1 aliphatic rings. The van der Waals surface area contributed by atoms with E-state index in [4.69, 9.17) is 5.11 Å². The molecular weight excluding hydrogens is 248 g/mol. The first-order valence-corrected chi connectivity index (χ1v) is 5.91. The number of amides is 1. The molecule has 6 heteroatoms. The van der Waals surface area contributed by atoms with Crippen molar-refractivity contribution < 1.29 is 19.8 Å². The number of aromatic nitrogens is 1. The summed E-state index contributed by atoms with van der Waals surface area (Å²) in [7, 11) is 0. The Hall–Kier alpha value is -2.50. The molecule has 0 bridgehead atoms. The number of nitrogens with zero attached hydrogens (tertiary/aromatic N) is 1. The van der Waals surface area contributed by atoms with Gasteiger partial charge in [0, 0.05) is 35.1 Å². The number of hydrogen-bond donors (Lipinski definition) is 3. The fraction of sp³-hybridized carbons (Fsp3) is 0.231. The maximum atomic E-state index is 11.3. The maximum Gasteiger partial charge on any atom is 0.407 e. The Bertz CT molecular complexity index is 689. The fourth-order valence-corrected chi connectivity index (χ4v) is 2.62. The summed E-state index contributed by atoms with van der Waals surface area (Å²) in [6, 6.07) is 5.03. The highest BCUT2D eigenvalue weighted by atomic mass is 16.4. The molecule has 6 nitrogen and oxygen atoms in total. The topological polar surface area (TPSA) is 93.6 Å². The normalized spacial score (nSPS) is 14.4. The minimum absolute atomic E-state index is 0.210. The number of fused-ring (bicyclic) bond motifs is 3. The molecule has 0 radical (unpaired) electrons. The van der Waals surface area contributed by atoms with Gasteiger partial charge in [-0.25, -0.2) is 9.59 Å². The Morgan fingerprint density at radius 1 is 1.26 bits per heavy atom. The first kappa shape index (κ1) is 11.6. The summed E-state index contributed by atoms with van der Waals surface area (Å²) >= 11 is 0. The van der Waals surface area contributed by atoms with Crippen molar-refractivity contribution in [3.05, 3.63) is 35.0 Å². The number of nitrogens with one attached hydrogen (secondary N) is 1. The number of carboxylic acid groups (broad SMARTS) is 2. The lowest BCUT2D eigenvalue weighted by atomic mass is 10.0. The second kappa shape index (κ2) is 4.01. The Morgan fingerprint density at radius 3 is 2.74 bits per heavy atom. The van der Waals surface area contributed by atoms with Gasteiger partial charge in [0.25, 0.3) is 0 Å². The van der Waals surface area contributed by atoms with Gasteiger partial charge in [-0.15, -0.1) is 0 Å². The highest BCUT2D eigenvalue weighted by Crippen LogP contribution is 2.30. The summed E-state index contributed by atoms with van der Waals surface area (Å²) in [5, 5.41) is 18.9. The van der Waals surface area contributed by atoms with Gasteiger partial charge in [-0.3, -0.25) is 0 Å². The van der Waals surface area contributed by atoms with E-state index in [1.165, 1.54) is 4.90 Å². The Kier molecular flexibility index (Phi) is 2.45. The zero-order valence-corrected chi connectivity index (χ0v) is 10.0. The molecule has 0 aliphatic carbocycles. The molecule has 0 unspecified atom stereocenters. The lowest BCUT2D eigenvalue weighted by Gasteiger charge is -2.24. The van der Waals surface area contributed by atoms with Crippen molar-refractivity contribution in [2.24, 2.45) is 0 Å². The van der Waals surface area contributed by atoms with Crippen LogP contribution in [0.5, 0.6) is 0 Å². The average molecular weight is 260 g/mol. The third-order valence-corrected chi connectivity index (χ3v) is 3.50. The van der Waals surface area contributed by atoms with Crippen molar-refractivity contribution in [2.45, 2.75) is 13.0 Å².